The number of aromatic amines is 1. The Morgan fingerprint density at radius 3 is 2.85 bits per heavy atom. The van der Waals surface area contributed by atoms with Crippen LogP contribution in [0.2, 0.25) is 0 Å². The van der Waals surface area contributed by atoms with Crippen LogP contribution in [0.1, 0.15) is 17.5 Å². The summed E-state index contributed by atoms with van der Waals surface area (Å²) in [6.45, 7) is 3.75. The lowest BCUT2D eigenvalue weighted by Crippen LogP contribution is -2.22. The minimum absolute atomic E-state index is 0.262. The highest BCUT2D eigenvalue weighted by Crippen LogP contribution is 2.23. The first-order valence-electron chi connectivity index (χ1n) is 6.12. The van der Waals surface area contributed by atoms with Crippen LogP contribution in [0.25, 0.3) is 0 Å². The van der Waals surface area contributed by atoms with E-state index in [0.29, 0.717) is 6.54 Å². The highest BCUT2D eigenvalue weighted by Gasteiger charge is 2.16. The molecule has 0 atom stereocenters. The maximum absolute atomic E-state index is 12.2. The molecule has 2 rings (SSSR count). The smallest absolute Gasteiger partial charge is 0.242 e. The summed E-state index contributed by atoms with van der Waals surface area (Å²) in [4.78, 5) is 4.18. The third kappa shape index (κ3) is 3.92. The molecule has 0 unspecified atom stereocenters. The Morgan fingerprint density at radius 1 is 1.40 bits per heavy atom. The molecule has 0 aliphatic heterocycles. The van der Waals surface area contributed by atoms with Crippen LogP contribution >= 0.6 is 27.3 Å². The van der Waals surface area contributed by atoms with Crippen LogP contribution in [-0.2, 0) is 23.1 Å². The lowest BCUT2D eigenvalue weighted by molar-refractivity contribution is 0.582. The molecule has 0 radical (unpaired) electrons. The molecule has 0 amide bonds. The first kappa shape index (κ1) is 15.7. The van der Waals surface area contributed by atoms with E-state index < -0.39 is 10.0 Å². The van der Waals surface area contributed by atoms with Crippen LogP contribution in [0, 0.1) is 0 Å². The van der Waals surface area contributed by atoms with E-state index in [0.717, 1.165) is 21.6 Å². The summed E-state index contributed by atoms with van der Waals surface area (Å²) >= 11 is 4.89. The van der Waals surface area contributed by atoms with Crippen LogP contribution in [-0.4, -0.2) is 19.9 Å². The van der Waals surface area contributed by atoms with Crippen molar-refractivity contribution in [2.75, 3.05) is 6.54 Å². The van der Waals surface area contributed by atoms with Crippen LogP contribution in [0.4, 0.5) is 0 Å². The van der Waals surface area contributed by atoms with Gasteiger partial charge < -0.3 is 10.3 Å². The van der Waals surface area contributed by atoms with Crippen molar-refractivity contribution >= 4 is 37.3 Å². The van der Waals surface area contributed by atoms with Gasteiger partial charge >= 0.3 is 0 Å². The number of halogens is 1. The number of rotatable bonds is 7. The molecule has 0 saturated heterocycles. The Hall–Kier alpha value is -0.670. The average Bonchev–Trinajstić information content (AvgIpc) is 3.03. The molecule has 2 heterocycles. The SMILES string of the molecule is CCNCc1cc(S(=O)(=O)NCc2sccc2Br)c[nH]1. The van der Waals surface area contributed by atoms with E-state index in [1.165, 1.54) is 17.5 Å². The lowest BCUT2D eigenvalue weighted by Gasteiger charge is -2.03. The Balaban J connectivity index is 2.03. The van der Waals surface area contributed by atoms with Crippen molar-refractivity contribution in [3.8, 4) is 0 Å². The van der Waals surface area contributed by atoms with Crippen LogP contribution in [0.5, 0.6) is 0 Å². The van der Waals surface area contributed by atoms with Gasteiger partial charge in [-0.3, -0.25) is 0 Å². The zero-order valence-corrected chi connectivity index (χ0v) is 14.2. The van der Waals surface area contributed by atoms with Gasteiger partial charge in [-0.25, -0.2) is 13.1 Å². The molecule has 0 bridgehead atoms. The predicted octanol–water partition coefficient (Wildman–Crippen LogP) is 2.43. The number of aromatic nitrogens is 1. The molecular formula is C12H16BrN3O2S2. The van der Waals surface area contributed by atoms with Crippen LogP contribution in [0.3, 0.4) is 0 Å². The Kier molecular flexibility index (Phi) is 5.39. The van der Waals surface area contributed by atoms with Crippen LogP contribution in [0.15, 0.2) is 33.1 Å². The Labute approximate surface area is 131 Å². The van der Waals surface area contributed by atoms with Crippen LogP contribution < -0.4 is 10.0 Å². The maximum atomic E-state index is 12.2. The molecule has 0 spiro atoms. The summed E-state index contributed by atoms with van der Waals surface area (Å²) in [5.74, 6) is 0. The van der Waals surface area contributed by atoms with Crippen molar-refractivity contribution < 1.29 is 8.42 Å². The summed E-state index contributed by atoms with van der Waals surface area (Å²) in [5, 5.41) is 5.06. The summed E-state index contributed by atoms with van der Waals surface area (Å²) < 4.78 is 27.9. The van der Waals surface area contributed by atoms with Gasteiger partial charge in [0, 0.05) is 34.3 Å². The molecule has 5 nitrogen and oxygen atoms in total. The molecule has 0 aliphatic carbocycles. The molecule has 8 heteroatoms. The summed E-state index contributed by atoms with van der Waals surface area (Å²) in [6.07, 6.45) is 1.51. The largest absolute Gasteiger partial charge is 0.363 e. The standard InChI is InChI=1S/C12H16BrN3O2S2/c1-2-14-6-9-5-10(7-15-9)20(17,18)16-8-12-11(13)3-4-19-12/h3-5,7,14-16H,2,6,8H2,1H3. The molecule has 110 valence electrons. The van der Waals surface area contributed by atoms with Crippen molar-refractivity contribution in [3.05, 3.63) is 38.8 Å². The first-order valence-corrected chi connectivity index (χ1v) is 9.28. The summed E-state index contributed by atoms with van der Waals surface area (Å²) in [6, 6.07) is 3.55. The second kappa shape index (κ2) is 6.86. The third-order valence-corrected chi connectivity index (χ3v) is 6.01. The number of sulfonamides is 1. The van der Waals surface area contributed by atoms with Gasteiger partial charge in [-0.2, -0.15) is 0 Å². The van der Waals surface area contributed by atoms with Crippen molar-refractivity contribution in [2.24, 2.45) is 0 Å². The number of thiophene rings is 1. The van der Waals surface area contributed by atoms with Crippen molar-refractivity contribution in [3.63, 3.8) is 0 Å². The maximum Gasteiger partial charge on any atom is 0.242 e. The fourth-order valence-electron chi connectivity index (χ4n) is 1.63. The van der Waals surface area contributed by atoms with Crippen molar-refractivity contribution in [2.45, 2.75) is 24.9 Å². The molecular weight excluding hydrogens is 362 g/mol. The van der Waals surface area contributed by atoms with Gasteiger partial charge in [-0.15, -0.1) is 11.3 Å². The Bertz CT molecular complexity index is 664. The fraction of sp³-hybridized carbons (Fsp3) is 0.333. The van der Waals surface area contributed by atoms with E-state index in [2.05, 4.69) is 31.0 Å². The topological polar surface area (TPSA) is 74.0 Å². The minimum atomic E-state index is -3.48. The predicted molar refractivity (Wildman–Crippen MR) is 84.2 cm³/mol. The van der Waals surface area contributed by atoms with E-state index in [4.69, 9.17) is 0 Å². The molecule has 0 aliphatic rings. The van der Waals surface area contributed by atoms with E-state index in [9.17, 15) is 8.42 Å². The number of hydrogen-bond donors (Lipinski definition) is 3. The second-order valence-electron chi connectivity index (χ2n) is 4.16. The van der Waals surface area contributed by atoms with Gasteiger partial charge in [0.05, 0.1) is 4.90 Å². The van der Waals surface area contributed by atoms with E-state index in [-0.39, 0.29) is 11.4 Å². The normalized spacial score (nSPS) is 11.9. The van der Waals surface area contributed by atoms with Gasteiger partial charge in [-0.05, 0) is 40.0 Å². The van der Waals surface area contributed by atoms with Gasteiger partial charge in [-0.1, -0.05) is 6.92 Å². The van der Waals surface area contributed by atoms with E-state index in [1.54, 1.807) is 6.07 Å². The Morgan fingerprint density at radius 2 is 2.20 bits per heavy atom. The number of H-pyrrole nitrogens is 1. The van der Waals surface area contributed by atoms with Gasteiger partial charge in [0.15, 0.2) is 0 Å². The molecule has 20 heavy (non-hydrogen) atoms. The molecule has 0 aromatic carbocycles. The fourth-order valence-corrected chi connectivity index (χ4v) is 4.17. The zero-order valence-electron chi connectivity index (χ0n) is 10.9. The van der Waals surface area contributed by atoms with E-state index in [1.807, 2.05) is 18.4 Å². The zero-order chi connectivity index (χ0) is 14.6. The van der Waals surface area contributed by atoms with Crippen molar-refractivity contribution in [1.82, 2.24) is 15.0 Å². The highest BCUT2D eigenvalue weighted by molar-refractivity contribution is 9.10. The molecule has 0 saturated carbocycles. The summed E-state index contributed by atoms with van der Waals surface area (Å²) in [7, 11) is -3.48. The third-order valence-electron chi connectivity index (χ3n) is 2.71. The highest BCUT2D eigenvalue weighted by atomic mass is 79.9. The molecule has 2 aromatic rings. The summed E-state index contributed by atoms with van der Waals surface area (Å²) in [5.41, 5.74) is 0.851. The molecule has 3 N–H and O–H groups in total. The molecule has 2 aromatic heterocycles. The lowest BCUT2D eigenvalue weighted by atomic mass is 10.4. The monoisotopic (exact) mass is 377 g/mol. The minimum Gasteiger partial charge on any atom is -0.363 e. The molecule has 0 fully saturated rings. The van der Waals surface area contributed by atoms with E-state index >= 15 is 0 Å². The van der Waals surface area contributed by atoms with Gasteiger partial charge in [0.25, 0.3) is 0 Å². The quantitative estimate of drug-likeness (QED) is 0.693. The average molecular weight is 378 g/mol. The second-order valence-corrected chi connectivity index (χ2v) is 7.78. The first-order chi connectivity index (χ1) is 9.53. The van der Waals surface area contributed by atoms with Crippen molar-refractivity contribution in [1.29, 1.82) is 0 Å². The number of hydrogen-bond acceptors (Lipinski definition) is 4. The van der Waals surface area contributed by atoms with Gasteiger partial charge in [0.1, 0.15) is 0 Å². The van der Waals surface area contributed by atoms with Gasteiger partial charge in [0.2, 0.25) is 10.0 Å². The number of nitrogens with one attached hydrogen (secondary N) is 3.